The molecule has 0 saturated heterocycles. The lowest BCUT2D eigenvalue weighted by Gasteiger charge is -2.18. The molecule has 0 bridgehead atoms. The lowest BCUT2D eigenvalue weighted by atomic mass is 10.1. The van der Waals surface area contributed by atoms with Crippen LogP contribution in [0.25, 0.3) is 12.2 Å². The first-order chi connectivity index (χ1) is 14.7. The summed E-state index contributed by atoms with van der Waals surface area (Å²) < 4.78 is 13.3. The lowest BCUT2D eigenvalue weighted by Crippen LogP contribution is -2.30. The fourth-order valence-corrected chi connectivity index (χ4v) is 4.74. The summed E-state index contributed by atoms with van der Waals surface area (Å²) in [4.78, 5) is 19.1. The van der Waals surface area contributed by atoms with E-state index in [1.165, 1.54) is 23.9 Å². The van der Waals surface area contributed by atoms with Crippen LogP contribution in [-0.4, -0.2) is 26.8 Å². The maximum atomic E-state index is 13.3. The number of hydrogen-bond donors (Lipinski definition) is 2. The second-order valence-corrected chi connectivity index (χ2v) is 9.11. The van der Waals surface area contributed by atoms with Crippen LogP contribution in [0.4, 0.5) is 4.39 Å². The van der Waals surface area contributed by atoms with Crippen LogP contribution in [0.1, 0.15) is 27.2 Å². The van der Waals surface area contributed by atoms with Crippen LogP contribution in [0.2, 0.25) is 0 Å². The molecule has 1 atom stereocenters. The third-order valence-electron chi connectivity index (χ3n) is 4.10. The molecule has 4 rings (SSSR count). The van der Waals surface area contributed by atoms with Crippen molar-refractivity contribution >= 4 is 52.5 Å². The number of nitrogens with one attached hydrogen (secondary N) is 2. The summed E-state index contributed by atoms with van der Waals surface area (Å²) >= 11 is 4.44. The van der Waals surface area contributed by atoms with Gasteiger partial charge in [-0.25, -0.2) is 9.37 Å². The van der Waals surface area contributed by atoms with E-state index < -0.39 is 0 Å². The zero-order valence-electron chi connectivity index (χ0n) is 15.6. The van der Waals surface area contributed by atoms with Crippen molar-refractivity contribution < 1.29 is 9.18 Å². The summed E-state index contributed by atoms with van der Waals surface area (Å²) in [5.41, 5.74) is 0.830. The average molecular weight is 457 g/mol. The molecule has 0 spiro atoms. The molecule has 0 radical (unpaired) electrons. The first-order valence-electron chi connectivity index (χ1n) is 9.02. The number of amides is 1. The molecular weight excluding hydrogens is 439 g/mol. The zero-order valence-corrected chi connectivity index (χ0v) is 18.1. The van der Waals surface area contributed by atoms with E-state index >= 15 is 0 Å². The van der Waals surface area contributed by atoms with Crippen LogP contribution < -0.4 is 5.32 Å². The number of hydrogen-bond acceptors (Lipinski definition) is 6. The maximum Gasteiger partial charge on any atom is 0.231 e. The molecule has 0 fully saturated rings. The topological polar surface area (TPSA) is 70.7 Å². The number of carbonyl (C=O) groups excluding carboxylic acids is 1. The molecule has 1 unspecified atom stereocenters. The number of thioether (sulfide) groups is 1. The molecule has 30 heavy (non-hydrogen) atoms. The van der Waals surface area contributed by atoms with Gasteiger partial charge in [0.05, 0.1) is 11.8 Å². The van der Waals surface area contributed by atoms with Gasteiger partial charge in [-0.3, -0.25) is 9.89 Å². The Kier molecular flexibility index (Phi) is 6.73. The van der Waals surface area contributed by atoms with Crippen molar-refractivity contribution in [2.45, 2.75) is 11.2 Å². The zero-order chi connectivity index (χ0) is 20.8. The standard InChI is InChI=1S/C21H17FN4OS3/c22-15-7-5-14(6-8-15)20(17-4-2-12-29-17)24-19(27)13-30-21-23-18(25-26-21)10-9-16-3-1-11-28-16/h1-12,20H,13H2,(H,24,27)(H,23,25,26)/b10-9+. The number of carbonyl (C=O) groups is 1. The largest absolute Gasteiger partial charge is 0.344 e. The van der Waals surface area contributed by atoms with E-state index in [4.69, 9.17) is 0 Å². The quantitative estimate of drug-likeness (QED) is 0.356. The summed E-state index contributed by atoms with van der Waals surface area (Å²) in [5, 5.41) is 14.5. The molecule has 2 N–H and O–H groups in total. The van der Waals surface area contributed by atoms with Crippen molar-refractivity contribution in [3.8, 4) is 0 Å². The van der Waals surface area contributed by atoms with Crippen LogP contribution in [0.3, 0.4) is 0 Å². The molecule has 152 valence electrons. The SMILES string of the molecule is O=C(CSc1n[nH]c(/C=C/c2cccs2)n1)NC(c1ccc(F)cc1)c1cccs1. The number of aromatic amines is 1. The van der Waals surface area contributed by atoms with Crippen molar-refractivity contribution in [2.24, 2.45) is 0 Å². The number of nitrogens with zero attached hydrogens (tertiary/aromatic N) is 2. The lowest BCUT2D eigenvalue weighted by molar-refractivity contribution is -0.119. The van der Waals surface area contributed by atoms with Gasteiger partial charge in [-0.1, -0.05) is 36.0 Å². The second kappa shape index (κ2) is 9.84. The number of halogens is 1. The summed E-state index contributed by atoms with van der Waals surface area (Å²) in [6, 6.07) is 13.7. The number of aromatic nitrogens is 3. The van der Waals surface area contributed by atoms with E-state index in [9.17, 15) is 9.18 Å². The highest BCUT2D eigenvalue weighted by Crippen LogP contribution is 2.26. The van der Waals surface area contributed by atoms with Crippen molar-refractivity contribution in [1.82, 2.24) is 20.5 Å². The fraction of sp³-hybridized carbons (Fsp3) is 0.0952. The van der Waals surface area contributed by atoms with Gasteiger partial charge >= 0.3 is 0 Å². The predicted molar refractivity (Wildman–Crippen MR) is 121 cm³/mol. The number of benzene rings is 1. The van der Waals surface area contributed by atoms with Gasteiger partial charge in [0.2, 0.25) is 11.1 Å². The molecule has 9 heteroatoms. The molecular formula is C21H17FN4OS3. The highest BCUT2D eigenvalue weighted by atomic mass is 32.2. The van der Waals surface area contributed by atoms with Gasteiger partial charge in [0.15, 0.2) is 0 Å². The van der Waals surface area contributed by atoms with Crippen molar-refractivity contribution in [3.63, 3.8) is 0 Å². The Labute approximate surface area is 185 Å². The first-order valence-corrected chi connectivity index (χ1v) is 11.8. The van der Waals surface area contributed by atoms with Gasteiger partial charge in [0.25, 0.3) is 0 Å². The molecule has 3 heterocycles. The van der Waals surface area contributed by atoms with Gasteiger partial charge in [-0.2, -0.15) is 0 Å². The third kappa shape index (κ3) is 5.44. The third-order valence-corrected chi connectivity index (χ3v) is 6.72. The second-order valence-electron chi connectivity index (χ2n) is 6.21. The van der Waals surface area contributed by atoms with Gasteiger partial charge in [-0.15, -0.1) is 27.8 Å². The molecule has 0 aliphatic rings. The monoisotopic (exact) mass is 456 g/mol. The molecule has 4 aromatic rings. The Morgan fingerprint density at radius 2 is 1.93 bits per heavy atom. The molecule has 3 aromatic heterocycles. The van der Waals surface area contributed by atoms with E-state index in [0.29, 0.717) is 11.0 Å². The molecule has 1 amide bonds. The minimum Gasteiger partial charge on any atom is -0.344 e. The molecule has 5 nitrogen and oxygen atoms in total. The van der Waals surface area contributed by atoms with Crippen LogP contribution >= 0.6 is 34.4 Å². The average Bonchev–Trinajstić information content (AvgIpc) is 3.53. The molecule has 1 aromatic carbocycles. The Morgan fingerprint density at radius 3 is 2.67 bits per heavy atom. The van der Waals surface area contributed by atoms with E-state index in [1.807, 2.05) is 47.2 Å². The van der Waals surface area contributed by atoms with Crippen LogP contribution in [0, 0.1) is 5.82 Å². The Bertz CT molecular complexity index is 1110. The van der Waals surface area contributed by atoms with Crippen LogP contribution in [-0.2, 0) is 4.79 Å². The molecule has 0 aliphatic heterocycles. The van der Waals surface area contributed by atoms with Crippen molar-refractivity contribution in [1.29, 1.82) is 0 Å². The van der Waals surface area contributed by atoms with E-state index in [0.717, 1.165) is 15.3 Å². The Balaban J connectivity index is 1.36. The van der Waals surface area contributed by atoms with Crippen LogP contribution in [0.5, 0.6) is 0 Å². The highest BCUT2D eigenvalue weighted by molar-refractivity contribution is 7.99. The predicted octanol–water partition coefficient (Wildman–Crippen LogP) is 5.24. The smallest absolute Gasteiger partial charge is 0.231 e. The summed E-state index contributed by atoms with van der Waals surface area (Å²) in [5.74, 6) is 0.353. The maximum absolute atomic E-state index is 13.3. The fourth-order valence-electron chi connectivity index (χ4n) is 2.71. The molecule has 0 aliphatic carbocycles. The number of thiophene rings is 2. The van der Waals surface area contributed by atoms with E-state index in [-0.39, 0.29) is 23.5 Å². The minimum atomic E-state index is -0.324. The van der Waals surface area contributed by atoms with Gasteiger partial charge in [0.1, 0.15) is 11.6 Å². The highest BCUT2D eigenvalue weighted by Gasteiger charge is 2.18. The van der Waals surface area contributed by atoms with E-state index in [1.54, 1.807) is 34.8 Å². The summed E-state index contributed by atoms with van der Waals surface area (Å²) in [7, 11) is 0. The summed E-state index contributed by atoms with van der Waals surface area (Å²) in [6.07, 6.45) is 3.81. The summed E-state index contributed by atoms with van der Waals surface area (Å²) in [6.45, 7) is 0. The van der Waals surface area contributed by atoms with Crippen molar-refractivity contribution in [2.75, 3.05) is 5.75 Å². The van der Waals surface area contributed by atoms with Gasteiger partial charge in [0, 0.05) is 9.75 Å². The van der Waals surface area contributed by atoms with E-state index in [2.05, 4.69) is 20.5 Å². The first kappa shape index (κ1) is 20.5. The van der Waals surface area contributed by atoms with Crippen LogP contribution in [0.15, 0.2) is 64.4 Å². The number of H-pyrrole nitrogens is 1. The van der Waals surface area contributed by atoms with Gasteiger partial charge < -0.3 is 5.32 Å². The normalized spacial score (nSPS) is 12.3. The Hall–Kier alpha value is -2.75. The van der Waals surface area contributed by atoms with Gasteiger partial charge in [-0.05, 0) is 52.7 Å². The van der Waals surface area contributed by atoms with Crippen molar-refractivity contribution in [3.05, 3.63) is 86.3 Å². The minimum absolute atomic E-state index is 0.150. The molecule has 0 saturated carbocycles. The number of rotatable bonds is 8. The Morgan fingerprint density at radius 1 is 1.13 bits per heavy atom.